The van der Waals surface area contributed by atoms with E-state index in [2.05, 4.69) is 188 Å². The summed E-state index contributed by atoms with van der Waals surface area (Å²) in [6.07, 6.45) is 0. The van der Waals surface area contributed by atoms with Gasteiger partial charge in [-0.1, -0.05) is 200 Å². The summed E-state index contributed by atoms with van der Waals surface area (Å²) in [7, 11) is 0. The zero-order chi connectivity index (χ0) is 37.3. The first-order valence-corrected chi connectivity index (χ1v) is 18.9. The molecule has 0 aliphatic carbocycles. The fraction of sp³-hybridized carbons (Fsp3) is 0.0192. The van der Waals surface area contributed by atoms with Crippen molar-refractivity contribution < 1.29 is 4.74 Å². The predicted octanol–water partition coefficient (Wildman–Crippen LogP) is 12.7. The summed E-state index contributed by atoms with van der Waals surface area (Å²) >= 11 is 0. The van der Waals surface area contributed by atoms with E-state index in [-0.39, 0.29) is 0 Å². The van der Waals surface area contributed by atoms with Crippen LogP contribution in [0.1, 0.15) is 22.3 Å². The second-order valence-corrected chi connectivity index (χ2v) is 14.0. The third-order valence-corrected chi connectivity index (χ3v) is 10.7. The van der Waals surface area contributed by atoms with Gasteiger partial charge < -0.3 is 4.74 Å². The van der Waals surface area contributed by atoms with Crippen molar-refractivity contribution in [1.29, 1.82) is 0 Å². The van der Waals surface area contributed by atoms with Crippen LogP contribution in [0.25, 0.3) is 56.4 Å². The normalized spacial score (nSPS) is 12.6. The van der Waals surface area contributed by atoms with Crippen LogP contribution in [0, 0.1) is 0 Å². The SMILES string of the molecule is c1ccc(-c2ccc(-c3nc(-c4ccc(-c5ccccc5)cc4)nc(-c4ccc(C5(c6ccccc6)c6ccccc6Oc6ccccc65)cc4)n3)cc2)cc1. The van der Waals surface area contributed by atoms with E-state index in [0.717, 1.165) is 67.1 Å². The average Bonchev–Trinajstić information content (AvgIpc) is 3.29. The first-order valence-electron chi connectivity index (χ1n) is 18.9. The summed E-state index contributed by atoms with van der Waals surface area (Å²) in [6.45, 7) is 0. The summed E-state index contributed by atoms with van der Waals surface area (Å²) in [5, 5.41) is 0. The number of fused-ring (bicyclic) bond motifs is 2. The Kier molecular flexibility index (Phi) is 8.34. The van der Waals surface area contributed by atoms with Crippen molar-refractivity contribution in [3.8, 4) is 67.9 Å². The lowest BCUT2D eigenvalue weighted by Gasteiger charge is -2.41. The highest BCUT2D eigenvalue weighted by Crippen LogP contribution is 2.55. The van der Waals surface area contributed by atoms with Gasteiger partial charge in [0.1, 0.15) is 11.5 Å². The van der Waals surface area contributed by atoms with E-state index in [1.165, 1.54) is 5.56 Å². The number of para-hydroxylation sites is 2. The second kappa shape index (κ2) is 14.1. The molecular formula is C52H35N3O. The minimum Gasteiger partial charge on any atom is -0.457 e. The predicted molar refractivity (Wildman–Crippen MR) is 225 cm³/mol. The van der Waals surface area contributed by atoms with Crippen LogP contribution in [0.15, 0.2) is 212 Å². The van der Waals surface area contributed by atoms with Crippen molar-refractivity contribution >= 4 is 0 Å². The van der Waals surface area contributed by atoms with E-state index in [9.17, 15) is 0 Å². The lowest BCUT2D eigenvalue weighted by molar-refractivity contribution is 0.434. The van der Waals surface area contributed by atoms with Crippen molar-refractivity contribution in [2.75, 3.05) is 0 Å². The standard InChI is InChI=1S/C52H35N3O/c1-4-14-36(15-5-1)38-24-28-40(29-25-38)49-53-50(41-30-26-39(27-31-41)37-16-6-2-7-17-37)55-51(54-49)42-32-34-44(35-33-42)52(43-18-8-3-9-19-43)45-20-10-12-22-47(45)56-48-23-13-11-21-46(48)52/h1-35H. The van der Waals surface area contributed by atoms with Crippen LogP contribution < -0.4 is 4.74 Å². The quantitative estimate of drug-likeness (QED) is 0.165. The largest absolute Gasteiger partial charge is 0.457 e. The third-order valence-electron chi connectivity index (χ3n) is 10.7. The maximum absolute atomic E-state index is 6.52. The van der Waals surface area contributed by atoms with Gasteiger partial charge in [0.25, 0.3) is 0 Å². The first-order chi connectivity index (χ1) is 27.7. The van der Waals surface area contributed by atoms with Crippen LogP contribution in [-0.4, -0.2) is 15.0 Å². The molecule has 0 atom stereocenters. The molecule has 8 aromatic carbocycles. The number of benzene rings is 8. The number of rotatable bonds is 7. The molecular weight excluding hydrogens is 683 g/mol. The molecule has 10 rings (SSSR count). The minimum absolute atomic E-state index is 0.609. The van der Waals surface area contributed by atoms with E-state index < -0.39 is 5.41 Å². The van der Waals surface area contributed by atoms with E-state index in [1.54, 1.807) is 0 Å². The lowest BCUT2D eigenvalue weighted by Crippen LogP contribution is -2.34. The molecule has 4 nitrogen and oxygen atoms in total. The van der Waals surface area contributed by atoms with Crippen LogP contribution in [0.4, 0.5) is 0 Å². The van der Waals surface area contributed by atoms with E-state index in [1.807, 2.05) is 24.3 Å². The highest BCUT2D eigenvalue weighted by Gasteiger charge is 2.45. The Hall–Kier alpha value is -7.43. The van der Waals surface area contributed by atoms with Crippen LogP contribution in [0.2, 0.25) is 0 Å². The molecule has 0 saturated carbocycles. The van der Waals surface area contributed by atoms with Gasteiger partial charge in [0.2, 0.25) is 0 Å². The molecule has 0 saturated heterocycles. The molecule has 1 aliphatic rings. The van der Waals surface area contributed by atoms with Crippen LogP contribution in [0.3, 0.4) is 0 Å². The van der Waals surface area contributed by atoms with Gasteiger partial charge in [0.05, 0.1) is 5.41 Å². The minimum atomic E-state index is -0.609. The molecule has 9 aromatic rings. The van der Waals surface area contributed by atoms with Gasteiger partial charge in [-0.2, -0.15) is 0 Å². The highest BCUT2D eigenvalue weighted by molar-refractivity contribution is 5.74. The van der Waals surface area contributed by atoms with Crippen LogP contribution in [0.5, 0.6) is 11.5 Å². The van der Waals surface area contributed by atoms with E-state index in [0.29, 0.717) is 17.5 Å². The molecule has 0 bridgehead atoms. The average molecular weight is 718 g/mol. The lowest BCUT2D eigenvalue weighted by atomic mass is 9.63. The molecule has 0 spiro atoms. The second-order valence-electron chi connectivity index (χ2n) is 14.0. The molecule has 1 aromatic heterocycles. The maximum atomic E-state index is 6.52. The summed E-state index contributed by atoms with van der Waals surface area (Å²) < 4.78 is 6.52. The van der Waals surface area contributed by atoms with Gasteiger partial charge in [0, 0.05) is 27.8 Å². The van der Waals surface area contributed by atoms with Gasteiger partial charge in [-0.05, 0) is 45.5 Å². The fourth-order valence-electron chi connectivity index (χ4n) is 7.99. The van der Waals surface area contributed by atoms with E-state index >= 15 is 0 Å². The Morgan fingerprint density at radius 3 is 1.00 bits per heavy atom. The van der Waals surface area contributed by atoms with Gasteiger partial charge in [-0.25, -0.2) is 15.0 Å². The number of ether oxygens (including phenoxy) is 1. The fourth-order valence-corrected chi connectivity index (χ4v) is 7.99. The highest BCUT2D eigenvalue weighted by atomic mass is 16.5. The zero-order valence-electron chi connectivity index (χ0n) is 30.5. The Bertz CT molecular complexity index is 2640. The molecule has 0 amide bonds. The van der Waals surface area contributed by atoms with Crippen molar-refractivity contribution in [3.05, 3.63) is 235 Å². The maximum Gasteiger partial charge on any atom is 0.164 e. The molecule has 0 unspecified atom stereocenters. The molecule has 0 N–H and O–H groups in total. The number of hydrogen-bond acceptors (Lipinski definition) is 4. The van der Waals surface area contributed by atoms with Crippen LogP contribution >= 0.6 is 0 Å². The molecule has 0 fully saturated rings. The number of aromatic nitrogens is 3. The molecule has 0 radical (unpaired) electrons. The smallest absolute Gasteiger partial charge is 0.164 e. The van der Waals surface area contributed by atoms with Crippen molar-refractivity contribution in [2.45, 2.75) is 5.41 Å². The van der Waals surface area contributed by atoms with Gasteiger partial charge in [-0.3, -0.25) is 0 Å². The summed E-state index contributed by atoms with van der Waals surface area (Å²) in [4.78, 5) is 15.3. The Morgan fingerprint density at radius 1 is 0.268 bits per heavy atom. The van der Waals surface area contributed by atoms with Crippen molar-refractivity contribution in [2.24, 2.45) is 0 Å². The van der Waals surface area contributed by atoms with E-state index in [4.69, 9.17) is 19.7 Å². The van der Waals surface area contributed by atoms with Gasteiger partial charge in [0.15, 0.2) is 17.5 Å². The topological polar surface area (TPSA) is 47.9 Å². The first kappa shape index (κ1) is 33.2. The summed E-state index contributed by atoms with van der Waals surface area (Å²) in [5.74, 6) is 3.55. The van der Waals surface area contributed by atoms with Gasteiger partial charge >= 0.3 is 0 Å². The van der Waals surface area contributed by atoms with Crippen LogP contribution in [-0.2, 0) is 5.41 Å². The molecule has 4 heteroatoms. The van der Waals surface area contributed by atoms with Gasteiger partial charge in [-0.15, -0.1) is 0 Å². The zero-order valence-corrected chi connectivity index (χ0v) is 30.5. The summed E-state index contributed by atoms with van der Waals surface area (Å²) in [5.41, 5.74) is 11.2. The molecule has 264 valence electrons. The summed E-state index contributed by atoms with van der Waals surface area (Å²) in [6, 6.07) is 73.8. The number of nitrogens with zero attached hydrogens (tertiary/aromatic N) is 3. The monoisotopic (exact) mass is 717 g/mol. The Labute approximate surface area is 326 Å². The molecule has 2 heterocycles. The number of hydrogen-bond donors (Lipinski definition) is 0. The third kappa shape index (κ3) is 5.85. The molecule has 1 aliphatic heterocycles. The Balaban J connectivity index is 1.10. The Morgan fingerprint density at radius 2 is 0.571 bits per heavy atom. The molecule has 56 heavy (non-hydrogen) atoms. The van der Waals surface area contributed by atoms with Crippen molar-refractivity contribution in [3.63, 3.8) is 0 Å². The van der Waals surface area contributed by atoms with Crippen molar-refractivity contribution in [1.82, 2.24) is 15.0 Å².